The number of benzene rings is 1. The van der Waals surface area contributed by atoms with Gasteiger partial charge in [0.1, 0.15) is 12.4 Å². The van der Waals surface area contributed by atoms with Crippen LogP contribution in [-0.4, -0.2) is 37.5 Å². The Hall–Kier alpha value is -1.59. The molecule has 128 valence electrons. The molecule has 1 heterocycles. The van der Waals surface area contributed by atoms with Crippen molar-refractivity contribution in [1.82, 2.24) is 0 Å². The average Bonchev–Trinajstić information content (AvgIpc) is 3.03. The van der Waals surface area contributed by atoms with Crippen molar-refractivity contribution in [3.8, 4) is 5.75 Å². The van der Waals surface area contributed by atoms with Crippen LogP contribution in [0.15, 0.2) is 24.3 Å². The van der Waals surface area contributed by atoms with Gasteiger partial charge in [-0.1, -0.05) is 12.1 Å². The minimum atomic E-state index is -0.589. The van der Waals surface area contributed by atoms with Gasteiger partial charge in [-0.05, 0) is 51.3 Å². The number of ether oxygens (including phenoxy) is 4. The van der Waals surface area contributed by atoms with Gasteiger partial charge in [0, 0.05) is 6.61 Å². The van der Waals surface area contributed by atoms with E-state index in [4.69, 9.17) is 18.9 Å². The SMILES string of the molecule is CC(C)Oc1cccc(COC(=O)C(C)OCC2CCCO2)c1. The highest BCUT2D eigenvalue weighted by molar-refractivity contribution is 5.74. The fourth-order valence-electron chi connectivity index (χ4n) is 2.35. The lowest BCUT2D eigenvalue weighted by Crippen LogP contribution is -2.27. The molecule has 0 spiro atoms. The number of hydrogen-bond donors (Lipinski definition) is 0. The number of hydrogen-bond acceptors (Lipinski definition) is 5. The normalized spacial score (nSPS) is 18.9. The van der Waals surface area contributed by atoms with E-state index in [0.29, 0.717) is 6.61 Å². The molecule has 1 saturated heterocycles. The summed E-state index contributed by atoms with van der Waals surface area (Å²) in [6.45, 7) is 7.08. The van der Waals surface area contributed by atoms with Crippen molar-refractivity contribution in [3.63, 3.8) is 0 Å². The Labute approximate surface area is 137 Å². The van der Waals surface area contributed by atoms with Crippen LogP contribution in [0.2, 0.25) is 0 Å². The zero-order chi connectivity index (χ0) is 16.7. The molecule has 1 aliphatic rings. The second-order valence-electron chi connectivity index (χ2n) is 6.03. The summed E-state index contributed by atoms with van der Waals surface area (Å²) in [6.07, 6.45) is 1.68. The third-order valence-electron chi connectivity index (χ3n) is 3.54. The standard InChI is InChI=1S/C18H26O5/c1-13(2)23-16-7-4-6-15(10-16)11-22-18(19)14(3)21-12-17-8-5-9-20-17/h4,6-7,10,13-14,17H,5,8-9,11-12H2,1-3H3. The van der Waals surface area contributed by atoms with E-state index in [1.807, 2.05) is 38.1 Å². The van der Waals surface area contributed by atoms with Crippen LogP contribution in [0.3, 0.4) is 0 Å². The largest absolute Gasteiger partial charge is 0.491 e. The highest BCUT2D eigenvalue weighted by Gasteiger charge is 2.20. The van der Waals surface area contributed by atoms with Crippen LogP contribution < -0.4 is 4.74 Å². The van der Waals surface area contributed by atoms with Gasteiger partial charge in [-0.25, -0.2) is 4.79 Å². The molecule has 0 bridgehead atoms. The minimum Gasteiger partial charge on any atom is -0.491 e. The molecule has 23 heavy (non-hydrogen) atoms. The highest BCUT2D eigenvalue weighted by atomic mass is 16.6. The second kappa shape index (κ2) is 8.89. The molecule has 0 aromatic heterocycles. The molecule has 0 N–H and O–H groups in total. The van der Waals surface area contributed by atoms with Crippen molar-refractivity contribution in [2.45, 2.75) is 58.5 Å². The van der Waals surface area contributed by atoms with E-state index in [-0.39, 0.29) is 24.8 Å². The second-order valence-corrected chi connectivity index (χ2v) is 6.03. The Morgan fingerprint density at radius 3 is 2.87 bits per heavy atom. The van der Waals surface area contributed by atoms with Gasteiger partial charge < -0.3 is 18.9 Å². The molecule has 1 fully saturated rings. The fourth-order valence-corrected chi connectivity index (χ4v) is 2.35. The van der Waals surface area contributed by atoms with Gasteiger partial charge in [-0.2, -0.15) is 0 Å². The first-order valence-corrected chi connectivity index (χ1v) is 8.20. The Bertz CT molecular complexity index is 494. The molecule has 0 aliphatic carbocycles. The molecule has 1 aromatic rings. The van der Waals surface area contributed by atoms with Crippen LogP contribution in [0.5, 0.6) is 5.75 Å². The zero-order valence-corrected chi connectivity index (χ0v) is 14.1. The number of carbonyl (C=O) groups excluding carboxylic acids is 1. The molecule has 5 nitrogen and oxygen atoms in total. The van der Waals surface area contributed by atoms with Crippen LogP contribution in [0.25, 0.3) is 0 Å². The molecule has 2 atom stereocenters. The van der Waals surface area contributed by atoms with Crippen molar-refractivity contribution in [2.75, 3.05) is 13.2 Å². The van der Waals surface area contributed by atoms with Crippen LogP contribution in [0, 0.1) is 0 Å². The topological polar surface area (TPSA) is 54.0 Å². The van der Waals surface area contributed by atoms with Crippen molar-refractivity contribution in [1.29, 1.82) is 0 Å². The minimum absolute atomic E-state index is 0.107. The predicted octanol–water partition coefficient (Wildman–Crippen LogP) is 3.10. The molecule has 2 unspecified atom stereocenters. The van der Waals surface area contributed by atoms with E-state index in [0.717, 1.165) is 30.8 Å². The van der Waals surface area contributed by atoms with E-state index in [1.54, 1.807) is 6.92 Å². The molecule has 5 heteroatoms. The maximum absolute atomic E-state index is 12.0. The van der Waals surface area contributed by atoms with Gasteiger partial charge in [0.15, 0.2) is 6.10 Å². The summed E-state index contributed by atoms with van der Waals surface area (Å²) < 4.78 is 21.9. The molecule has 1 aromatic carbocycles. The van der Waals surface area contributed by atoms with Crippen molar-refractivity contribution in [3.05, 3.63) is 29.8 Å². The van der Waals surface area contributed by atoms with Crippen LogP contribution in [0.4, 0.5) is 0 Å². The van der Waals surface area contributed by atoms with Gasteiger partial charge in [0.2, 0.25) is 0 Å². The van der Waals surface area contributed by atoms with Gasteiger partial charge in [0.05, 0.1) is 18.8 Å². The first kappa shape index (κ1) is 17.8. The van der Waals surface area contributed by atoms with E-state index < -0.39 is 6.10 Å². The summed E-state index contributed by atoms with van der Waals surface area (Å²) in [6, 6.07) is 7.56. The molecular formula is C18H26O5. The quantitative estimate of drug-likeness (QED) is 0.688. The zero-order valence-electron chi connectivity index (χ0n) is 14.1. The van der Waals surface area contributed by atoms with E-state index in [2.05, 4.69) is 0 Å². The molecule has 0 saturated carbocycles. The fraction of sp³-hybridized carbons (Fsp3) is 0.611. The van der Waals surface area contributed by atoms with Crippen LogP contribution >= 0.6 is 0 Å². The average molecular weight is 322 g/mol. The molecule has 0 amide bonds. The third kappa shape index (κ3) is 6.20. The van der Waals surface area contributed by atoms with Crippen molar-refractivity contribution >= 4 is 5.97 Å². The smallest absolute Gasteiger partial charge is 0.335 e. The van der Waals surface area contributed by atoms with Gasteiger partial charge >= 0.3 is 5.97 Å². The molecule has 2 rings (SSSR count). The predicted molar refractivity (Wildman–Crippen MR) is 86.4 cm³/mol. The first-order chi connectivity index (χ1) is 11.0. The summed E-state index contributed by atoms with van der Waals surface area (Å²) in [5.74, 6) is 0.411. The summed E-state index contributed by atoms with van der Waals surface area (Å²) in [5, 5.41) is 0. The Balaban J connectivity index is 1.74. The van der Waals surface area contributed by atoms with E-state index in [9.17, 15) is 4.79 Å². The number of rotatable bonds is 8. The van der Waals surface area contributed by atoms with E-state index >= 15 is 0 Å². The van der Waals surface area contributed by atoms with Gasteiger partial charge in [0.25, 0.3) is 0 Å². The molecule has 0 radical (unpaired) electrons. The maximum atomic E-state index is 12.0. The van der Waals surface area contributed by atoms with Crippen molar-refractivity contribution < 1.29 is 23.7 Å². The maximum Gasteiger partial charge on any atom is 0.335 e. The van der Waals surface area contributed by atoms with Crippen molar-refractivity contribution in [2.24, 2.45) is 0 Å². The van der Waals surface area contributed by atoms with Gasteiger partial charge in [-0.3, -0.25) is 0 Å². The Morgan fingerprint density at radius 1 is 1.35 bits per heavy atom. The summed E-state index contributed by atoms with van der Waals surface area (Å²) in [7, 11) is 0. The summed E-state index contributed by atoms with van der Waals surface area (Å²) in [5.41, 5.74) is 0.892. The Morgan fingerprint density at radius 2 is 2.17 bits per heavy atom. The summed E-state index contributed by atoms with van der Waals surface area (Å²) in [4.78, 5) is 12.0. The molecular weight excluding hydrogens is 296 g/mol. The van der Waals surface area contributed by atoms with Crippen LogP contribution in [-0.2, 0) is 25.6 Å². The van der Waals surface area contributed by atoms with Gasteiger partial charge in [-0.15, -0.1) is 0 Å². The van der Waals surface area contributed by atoms with E-state index in [1.165, 1.54) is 0 Å². The summed E-state index contributed by atoms with van der Waals surface area (Å²) >= 11 is 0. The number of esters is 1. The molecule has 1 aliphatic heterocycles. The van der Waals surface area contributed by atoms with Crippen LogP contribution in [0.1, 0.15) is 39.2 Å². The third-order valence-corrected chi connectivity index (χ3v) is 3.54. The first-order valence-electron chi connectivity index (χ1n) is 8.20. The lowest BCUT2D eigenvalue weighted by molar-refractivity contribution is -0.159. The monoisotopic (exact) mass is 322 g/mol. The highest BCUT2D eigenvalue weighted by Crippen LogP contribution is 2.16. The lowest BCUT2D eigenvalue weighted by atomic mass is 10.2. The lowest BCUT2D eigenvalue weighted by Gasteiger charge is -2.16. The Kier molecular flexibility index (Phi) is 6.86. The number of carbonyl (C=O) groups is 1.